The fourth-order valence-electron chi connectivity index (χ4n) is 4.16. The van der Waals surface area contributed by atoms with Gasteiger partial charge in [-0.15, -0.1) is 6.42 Å². The first-order valence-electron chi connectivity index (χ1n) is 13.6. The van der Waals surface area contributed by atoms with Crippen molar-refractivity contribution < 1.29 is 19.1 Å². The molecule has 2 N–H and O–H groups in total. The first-order chi connectivity index (χ1) is 18.4. The number of nitrogens with one attached hydrogen (secondary N) is 2. The zero-order chi connectivity index (χ0) is 29.2. The van der Waals surface area contributed by atoms with Crippen LogP contribution in [0.2, 0.25) is 0 Å². The van der Waals surface area contributed by atoms with Crippen molar-refractivity contribution >= 4 is 17.9 Å². The summed E-state index contributed by atoms with van der Waals surface area (Å²) in [6, 6.07) is 14.6. The SMILES string of the molecule is C#Cc1ccc(C(C(=O)NCc2ccccc2)N(C(=O)C(NC(=O)OC(C)(C)C)C(C)CC)C(C)CC)cc1. The molecule has 2 rings (SSSR count). The highest BCUT2D eigenvalue weighted by molar-refractivity contribution is 5.92. The van der Waals surface area contributed by atoms with E-state index in [-0.39, 0.29) is 23.8 Å². The Bertz CT molecular complexity index is 1130. The Morgan fingerprint density at radius 3 is 2.10 bits per heavy atom. The summed E-state index contributed by atoms with van der Waals surface area (Å²) < 4.78 is 5.47. The van der Waals surface area contributed by atoms with Gasteiger partial charge in [0.1, 0.15) is 17.7 Å². The number of carbonyl (C=O) groups is 3. The van der Waals surface area contributed by atoms with Crippen molar-refractivity contribution in [1.82, 2.24) is 15.5 Å². The van der Waals surface area contributed by atoms with Crippen molar-refractivity contribution in [2.24, 2.45) is 5.92 Å². The Hall–Kier alpha value is -3.79. The monoisotopic (exact) mass is 533 g/mol. The second kappa shape index (κ2) is 14.4. The minimum absolute atomic E-state index is 0.201. The molecule has 210 valence electrons. The Morgan fingerprint density at radius 1 is 0.974 bits per heavy atom. The number of hydrogen-bond acceptors (Lipinski definition) is 4. The molecule has 0 spiro atoms. The van der Waals surface area contributed by atoms with Gasteiger partial charge < -0.3 is 20.3 Å². The van der Waals surface area contributed by atoms with Gasteiger partial charge in [0.25, 0.3) is 0 Å². The first kappa shape index (κ1) is 31.4. The van der Waals surface area contributed by atoms with E-state index in [1.165, 1.54) is 0 Å². The smallest absolute Gasteiger partial charge is 0.408 e. The Balaban J connectivity index is 2.53. The lowest BCUT2D eigenvalue weighted by molar-refractivity contribution is -0.146. The number of amides is 3. The van der Waals surface area contributed by atoms with Gasteiger partial charge in [0.15, 0.2) is 0 Å². The normalized spacial score (nSPS) is 14.2. The Morgan fingerprint density at radius 2 is 1.59 bits per heavy atom. The molecule has 0 saturated carbocycles. The van der Waals surface area contributed by atoms with Gasteiger partial charge in [-0.1, -0.05) is 75.6 Å². The number of carbonyl (C=O) groups excluding carboxylic acids is 3. The van der Waals surface area contributed by atoms with Crippen LogP contribution in [-0.4, -0.2) is 40.5 Å². The number of alkyl carbamates (subject to hydrolysis) is 1. The van der Waals surface area contributed by atoms with Crippen LogP contribution in [0.15, 0.2) is 54.6 Å². The van der Waals surface area contributed by atoms with Gasteiger partial charge in [-0.3, -0.25) is 9.59 Å². The summed E-state index contributed by atoms with van der Waals surface area (Å²) in [4.78, 5) is 42.5. The van der Waals surface area contributed by atoms with Gasteiger partial charge in [-0.25, -0.2) is 4.79 Å². The van der Waals surface area contributed by atoms with Gasteiger partial charge in [-0.2, -0.15) is 0 Å². The number of nitrogens with zero attached hydrogens (tertiary/aromatic N) is 1. The van der Waals surface area contributed by atoms with Crippen LogP contribution in [0, 0.1) is 18.3 Å². The quantitative estimate of drug-likeness (QED) is 0.369. The third-order valence-electron chi connectivity index (χ3n) is 6.70. The minimum atomic E-state index is -0.935. The highest BCUT2D eigenvalue weighted by Gasteiger charge is 2.40. The van der Waals surface area contributed by atoms with E-state index < -0.39 is 23.8 Å². The van der Waals surface area contributed by atoms with Crippen LogP contribution in [0.1, 0.15) is 84.0 Å². The Kier molecular flexibility index (Phi) is 11.6. The van der Waals surface area contributed by atoms with Crippen LogP contribution >= 0.6 is 0 Å². The number of ether oxygens (including phenoxy) is 1. The average molecular weight is 534 g/mol. The van der Waals surface area contributed by atoms with Crippen molar-refractivity contribution in [3.8, 4) is 12.3 Å². The number of rotatable bonds is 11. The largest absolute Gasteiger partial charge is 0.444 e. The second-order valence-corrected chi connectivity index (χ2v) is 10.9. The van der Waals surface area contributed by atoms with Crippen LogP contribution in [0.25, 0.3) is 0 Å². The summed E-state index contributed by atoms with van der Waals surface area (Å²) in [6.07, 6.45) is 6.13. The highest BCUT2D eigenvalue weighted by atomic mass is 16.6. The van der Waals surface area contributed by atoms with Crippen molar-refractivity contribution in [2.75, 3.05) is 0 Å². The molecular formula is C32H43N3O4. The zero-order valence-corrected chi connectivity index (χ0v) is 24.3. The molecule has 3 amide bonds. The van der Waals surface area contributed by atoms with Crippen LogP contribution in [0.4, 0.5) is 4.79 Å². The van der Waals surface area contributed by atoms with E-state index in [0.717, 1.165) is 5.56 Å². The van der Waals surface area contributed by atoms with Gasteiger partial charge >= 0.3 is 6.09 Å². The zero-order valence-electron chi connectivity index (χ0n) is 24.3. The lowest BCUT2D eigenvalue weighted by Gasteiger charge is -2.39. The molecule has 0 fully saturated rings. The van der Waals surface area contributed by atoms with Crippen LogP contribution in [0.3, 0.4) is 0 Å². The summed E-state index contributed by atoms with van der Waals surface area (Å²) in [5, 5.41) is 5.80. The molecule has 0 aromatic heterocycles. The molecule has 2 aromatic rings. The predicted molar refractivity (Wildman–Crippen MR) is 155 cm³/mol. The molecule has 2 aromatic carbocycles. The molecule has 0 saturated heterocycles. The topological polar surface area (TPSA) is 87.7 Å². The van der Waals surface area contributed by atoms with E-state index in [4.69, 9.17) is 11.2 Å². The second-order valence-electron chi connectivity index (χ2n) is 10.9. The fraction of sp³-hybridized carbons (Fsp3) is 0.469. The maximum atomic E-state index is 14.3. The van der Waals surface area contributed by atoms with Crippen LogP contribution < -0.4 is 10.6 Å². The lowest BCUT2D eigenvalue weighted by Crippen LogP contribution is -2.57. The van der Waals surface area contributed by atoms with Gasteiger partial charge in [-0.05, 0) is 63.3 Å². The summed E-state index contributed by atoms with van der Waals surface area (Å²) >= 11 is 0. The molecule has 0 aliphatic heterocycles. The predicted octanol–water partition coefficient (Wildman–Crippen LogP) is 5.59. The summed E-state index contributed by atoms with van der Waals surface area (Å²) in [7, 11) is 0. The molecule has 4 unspecified atom stereocenters. The van der Waals surface area contributed by atoms with E-state index in [0.29, 0.717) is 30.5 Å². The molecule has 0 aliphatic rings. The van der Waals surface area contributed by atoms with Crippen LogP contribution in [-0.2, 0) is 20.9 Å². The first-order valence-corrected chi connectivity index (χ1v) is 13.6. The molecule has 0 radical (unpaired) electrons. The summed E-state index contributed by atoms with van der Waals surface area (Å²) in [5.41, 5.74) is 1.53. The van der Waals surface area contributed by atoms with E-state index in [1.807, 2.05) is 58.0 Å². The molecule has 4 atom stereocenters. The third kappa shape index (κ3) is 9.17. The number of terminal acetylenes is 1. The molecule has 0 heterocycles. The molecule has 39 heavy (non-hydrogen) atoms. The fourth-order valence-corrected chi connectivity index (χ4v) is 4.16. The van der Waals surface area contributed by atoms with Gasteiger partial charge in [0.05, 0.1) is 0 Å². The number of benzene rings is 2. The third-order valence-corrected chi connectivity index (χ3v) is 6.70. The molecule has 7 heteroatoms. The van der Waals surface area contributed by atoms with E-state index >= 15 is 0 Å². The maximum absolute atomic E-state index is 14.3. The van der Waals surface area contributed by atoms with Crippen molar-refractivity contribution in [3.05, 3.63) is 71.3 Å². The standard InChI is InChI=1S/C32H43N3O4/c1-9-22(4)27(34-31(38)39-32(6,7)8)30(37)35(23(5)10-2)28(26-19-17-24(11-3)18-20-26)29(36)33-21-25-15-13-12-14-16-25/h3,12-20,22-23,27-28H,9-10,21H2,1-2,4-8H3,(H,33,36)(H,34,38). The van der Waals surface area contributed by atoms with Crippen molar-refractivity contribution in [1.29, 1.82) is 0 Å². The average Bonchev–Trinajstić information content (AvgIpc) is 2.91. The summed E-state index contributed by atoms with van der Waals surface area (Å²) in [5.74, 6) is 1.73. The Labute approximate surface area is 233 Å². The summed E-state index contributed by atoms with van der Waals surface area (Å²) in [6.45, 7) is 13.4. The van der Waals surface area contributed by atoms with Gasteiger partial charge in [0.2, 0.25) is 11.8 Å². The van der Waals surface area contributed by atoms with E-state index in [2.05, 4.69) is 16.6 Å². The van der Waals surface area contributed by atoms with Crippen molar-refractivity contribution in [3.63, 3.8) is 0 Å². The van der Waals surface area contributed by atoms with Crippen LogP contribution in [0.5, 0.6) is 0 Å². The molecule has 7 nitrogen and oxygen atoms in total. The molecular weight excluding hydrogens is 490 g/mol. The lowest BCUT2D eigenvalue weighted by atomic mass is 9.94. The van der Waals surface area contributed by atoms with E-state index in [9.17, 15) is 14.4 Å². The molecule has 0 aliphatic carbocycles. The maximum Gasteiger partial charge on any atom is 0.408 e. The van der Waals surface area contributed by atoms with Crippen molar-refractivity contribution in [2.45, 2.75) is 91.6 Å². The highest BCUT2D eigenvalue weighted by Crippen LogP contribution is 2.28. The van der Waals surface area contributed by atoms with Gasteiger partial charge in [0, 0.05) is 18.2 Å². The van der Waals surface area contributed by atoms with E-state index in [1.54, 1.807) is 49.9 Å². The minimum Gasteiger partial charge on any atom is -0.444 e. The number of hydrogen-bond donors (Lipinski definition) is 2. The molecule has 0 bridgehead atoms.